The summed E-state index contributed by atoms with van der Waals surface area (Å²) in [6.07, 6.45) is 0.655. The zero-order chi connectivity index (χ0) is 19.1. The second kappa shape index (κ2) is 6.59. The van der Waals surface area contributed by atoms with Gasteiger partial charge < -0.3 is 5.73 Å². The molecule has 0 saturated carbocycles. The summed E-state index contributed by atoms with van der Waals surface area (Å²) in [6.45, 7) is 3.82. The van der Waals surface area contributed by atoms with E-state index in [4.69, 9.17) is 17.3 Å². The van der Waals surface area contributed by atoms with Crippen molar-refractivity contribution in [1.82, 2.24) is 24.6 Å². The van der Waals surface area contributed by atoms with Crippen molar-refractivity contribution in [2.75, 3.05) is 5.73 Å². The molecule has 0 radical (unpaired) electrons. The lowest BCUT2D eigenvalue weighted by molar-refractivity contribution is 0.628. The molecule has 136 valence electrons. The predicted molar refractivity (Wildman–Crippen MR) is 103 cm³/mol. The SMILES string of the molecule is CCc1nc2c(-c3cc(C)nc(Cl)c3)c(-c3ccc(F)cc3)nc(N)n2n1. The summed E-state index contributed by atoms with van der Waals surface area (Å²) in [5.74, 6) is 0.530. The first-order valence-electron chi connectivity index (χ1n) is 8.42. The van der Waals surface area contributed by atoms with E-state index in [9.17, 15) is 4.39 Å². The molecule has 0 aliphatic heterocycles. The highest BCUT2D eigenvalue weighted by Crippen LogP contribution is 2.35. The third kappa shape index (κ3) is 3.10. The number of pyridine rings is 1. The van der Waals surface area contributed by atoms with Crippen LogP contribution in [-0.4, -0.2) is 24.6 Å². The molecule has 0 aliphatic carbocycles. The molecule has 0 saturated heterocycles. The van der Waals surface area contributed by atoms with Crippen molar-refractivity contribution >= 4 is 23.2 Å². The Morgan fingerprint density at radius 3 is 2.48 bits per heavy atom. The Labute approximate surface area is 159 Å². The molecule has 0 fully saturated rings. The average molecular weight is 383 g/mol. The van der Waals surface area contributed by atoms with Crippen LogP contribution in [0.3, 0.4) is 0 Å². The highest BCUT2D eigenvalue weighted by molar-refractivity contribution is 6.29. The van der Waals surface area contributed by atoms with E-state index in [0.717, 1.165) is 16.8 Å². The molecule has 4 aromatic rings. The Hall–Kier alpha value is -3.06. The van der Waals surface area contributed by atoms with Gasteiger partial charge in [-0.05, 0) is 48.9 Å². The van der Waals surface area contributed by atoms with E-state index in [0.29, 0.717) is 34.3 Å². The lowest BCUT2D eigenvalue weighted by Gasteiger charge is -2.12. The number of halogens is 2. The number of aromatic nitrogens is 5. The van der Waals surface area contributed by atoms with Gasteiger partial charge in [0.15, 0.2) is 11.5 Å². The van der Waals surface area contributed by atoms with Crippen molar-refractivity contribution < 1.29 is 4.39 Å². The predicted octanol–water partition coefficient (Wildman–Crippen LogP) is 4.10. The Morgan fingerprint density at radius 1 is 1.07 bits per heavy atom. The number of hydrogen-bond donors (Lipinski definition) is 1. The Balaban J connectivity index is 2.11. The molecular weight excluding hydrogens is 367 g/mol. The van der Waals surface area contributed by atoms with Crippen LogP contribution in [0.1, 0.15) is 18.4 Å². The van der Waals surface area contributed by atoms with Crippen molar-refractivity contribution in [2.24, 2.45) is 0 Å². The lowest BCUT2D eigenvalue weighted by atomic mass is 10.00. The van der Waals surface area contributed by atoms with E-state index in [1.165, 1.54) is 16.6 Å². The molecule has 0 unspecified atom stereocenters. The number of nitrogens with zero attached hydrogens (tertiary/aromatic N) is 5. The maximum atomic E-state index is 13.4. The molecule has 0 aliphatic rings. The third-order valence-electron chi connectivity index (χ3n) is 4.20. The van der Waals surface area contributed by atoms with Crippen LogP contribution in [0, 0.1) is 12.7 Å². The van der Waals surface area contributed by atoms with Gasteiger partial charge in [-0.15, -0.1) is 5.10 Å². The molecule has 1 aromatic carbocycles. The zero-order valence-corrected chi connectivity index (χ0v) is 15.5. The summed E-state index contributed by atoms with van der Waals surface area (Å²) in [5.41, 5.74) is 10.3. The molecule has 2 N–H and O–H groups in total. The second-order valence-electron chi connectivity index (χ2n) is 6.14. The fourth-order valence-corrected chi connectivity index (χ4v) is 3.26. The van der Waals surface area contributed by atoms with Gasteiger partial charge in [0.05, 0.1) is 11.3 Å². The van der Waals surface area contributed by atoms with Gasteiger partial charge in [0, 0.05) is 17.7 Å². The summed E-state index contributed by atoms with van der Waals surface area (Å²) >= 11 is 6.19. The monoisotopic (exact) mass is 382 g/mol. The van der Waals surface area contributed by atoms with Crippen LogP contribution in [-0.2, 0) is 6.42 Å². The number of anilines is 1. The summed E-state index contributed by atoms with van der Waals surface area (Å²) in [5, 5.41) is 4.78. The highest BCUT2D eigenvalue weighted by atomic mass is 35.5. The molecule has 8 heteroatoms. The van der Waals surface area contributed by atoms with E-state index in [2.05, 4.69) is 20.1 Å². The third-order valence-corrected chi connectivity index (χ3v) is 4.39. The number of aryl methyl sites for hydroxylation is 2. The second-order valence-corrected chi connectivity index (χ2v) is 6.52. The van der Waals surface area contributed by atoms with Crippen LogP contribution in [0.2, 0.25) is 5.15 Å². The smallest absolute Gasteiger partial charge is 0.223 e. The van der Waals surface area contributed by atoms with Crippen LogP contribution in [0.25, 0.3) is 28.0 Å². The fraction of sp³-hybridized carbons (Fsp3) is 0.158. The first-order valence-corrected chi connectivity index (χ1v) is 8.79. The Bertz CT molecular complexity index is 1130. The van der Waals surface area contributed by atoms with Crippen molar-refractivity contribution in [3.05, 3.63) is 58.9 Å². The fourth-order valence-electron chi connectivity index (χ4n) is 3.00. The van der Waals surface area contributed by atoms with E-state index < -0.39 is 0 Å². The number of benzene rings is 1. The van der Waals surface area contributed by atoms with Crippen LogP contribution in [0.5, 0.6) is 0 Å². The minimum Gasteiger partial charge on any atom is -0.368 e. The van der Waals surface area contributed by atoms with Crippen LogP contribution < -0.4 is 5.73 Å². The molecule has 3 heterocycles. The number of rotatable bonds is 3. The maximum absolute atomic E-state index is 13.4. The Morgan fingerprint density at radius 2 is 1.81 bits per heavy atom. The van der Waals surface area contributed by atoms with Gasteiger partial charge in [-0.3, -0.25) is 0 Å². The summed E-state index contributed by atoms with van der Waals surface area (Å²) in [4.78, 5) is 13.4. The van der Waals surface area contributed by atoms with Crippen molar-refractivity contribution in [3.63, 3.8) is 0 Å². The zero-order valence-electron chi connectivity index (χ0n) is 14.7. The number of fused-ring (bicyclic) bond motifs is 1. The quantitative estimate of drug-likeness (QED) is 0.539. The van der Waals surface area contributed by atoms with E-state index in [1.807, 2.05) is 19.9 Å². The topological polar surface area (TPSA) is 82.0 Å². The molecule has 0 amide bonds. The molecule has 0 bridgehead atoms. The van der Waals surface area contributed by atoms with E-state index >= 15 is 0 Å². The lowest BCUT2D eigenvalue weighted by Crippen LogP contribution is -2.06. The van der Waals surface area contributed by atoms with Gasteiger partial charge in [0.1, 0.15) is 11.0 Å². The molecule has 0 spiro atoms. The van der Waals surface area contributed by atoms with Gasteiger partial charge in [0.2, 0.25) is 5.95 Å². The van der Waals surface area contributed by atoms with Crippen LogP contribution in [0.4, 0.5) is 10.3 Å². The maximum Gasteiger partial charge on any atom is 0.223 e. The standard InChI is InChI=1S/C19H16ClFN6/c1-3-15-24-18-16(12-8-10(2)23-14(20)9-12)17(25-19(22)27(18)26-15)11-4-6-13(21)7-5-11/h4-9H,3H2,1-2H3,(H2,22,25). The number of hydrogen-bond acceptors (Lipinski definition) is 5. The molecule has 27 heavy (non-hydrogen) atoms. The molecule has 4 rings (SSSR count). The van der Waals surface area contributed by atoms with E-state index in [-0.39, 0.29) is 11.8 Å². The van der Waals surface area contributed by atoms with Crippen LogP contribution >= 0.6 is 11.6 Å². The number of nitrogen functional groups attached to an aromatic ring is 1. The minimum atomic E-state index is -0.326. The summed E-state index contributed by atoms with van der Waals surface area (Å²) < 4.78 is 14.9. The summed E-state index contributed by atoms with van der Waals surface area (Å²) in [7, 11) is 0. The van der Waals surface area contributed by atoms with Gasteiger partial charge in [-0.25, -0.2) is 19.3 Å². The van der Waals surface area contributed by atoms with Gasteiger partial charge in [-0.1, -0.05) is 18.5 Å². The van der Waals surface area contributed by atoms with Crippen molar-refractivity contribution in [1.29, 1.82) is 0 Å². The van der Waals surface area contributed by atoms with E-state index in [1.54, 1.807) is 18.2 Å². The first-order chi connectivity index (χ1) is 13.0. The normalized spacial score (nSPS) is 11.3. The number of nitrogens with two attached hydrogens (primary N) is 1. The molecule has 0 atom stereocenters. The van der Waals surface area contributed by atoms with Gasteiger partial charge in [-0.2, -0.15) is 4.52 Å². The first kappa shape index (κ1) is 17.4. The molecule has 3 aromatic heterocycles. The largest absolute Gasteiger partial charge is 0.368 e. The molecular formula is C19H16ClFN6. The highest BCUT2D eigenvalue weighted by Gasteiger charge is 2.20. The Kier molecular flexibility index (Phi) is 4.24. The average Bonchev–Trinajstić information content (AvgIpc) is 3.06. The van der Waals surface area contributed by atoms with Gasteiger partial charge in [0.25, 0.3) is 0 Å². The summed E-state index contributed by atoms with van der Waals surface area (Å²) in [6, 6.07) is 9.72. The van der Waals surface area contributed by atoms with Crippen molar-refractivity contribution in [2.45, 2.75) is 20.3 Å². The molecule has 6 nitrogen and oxygen atoms in total. The van der Waals surface area contributed by atoms with Crippen molar-refractivity contribution in [3.8, 4) is 22.4 Å². The van der Waals surface area contributed by atoms with Gasteiger partial charge >= 0.3 is 0 Å². The van der Waals surface area contributed by atoms with Crippen LogP contribution in [0.15, 0.2) is 36.4 Å². The minimum absolute atomic E-state index is 0.206.